The largest absolute Gasteiger partial charge is 0.317 e. The summed E-state index contributed by atoms with van der Waals surface area (Å²) in [5.41, 5.74) is 6.68. The molecule has 0 spiro atoms. The van der Waals surface area contributed by atoms with Crippen LogP contribution in [0.25, 0.3) is 0 Å². The van der Waals surface area contributed by atoms with Crippen LogP contribution in [-0.2, 0) is 0 Å². The normalized spacial score (nSPS) is 12.7. The summed E-state index contributed by atoms with van der Waals surface area (Å²) in [5, 5.41) is 14.0. The third kappa shape index (κ3) is 1.59. The minimum absolute atomic E-state index is 0.429. The van der Waals surface area contributed by atoms with Gasteiger partial charge in [0.05, 0.1) is 6.04 Å². The summed E-state index contributed by atoms with van der Waals surface area (Å²) < 4.78 is 0. The fourth-order valence-electron chi connectivity index (χ4n) is 1.17. The highest BCUT2D eigenvalue weighted by Crippen LogP contribution is 2.23. The fraction of sp³-hybridized carbons (Fsp3) is 0.125. The monoisotopic (exact) mass is 209 g/mol. The Kier molecular flexibility index (Phi) is 2.43. The summed E-state index contributed by atoms with van der Waals surface area (Å²) in [7, 11) is 0. The van der Waals surface area contributed by atoms with Gasteiger partial charge in [-0.25, -0.2) is 0 Å². The third-order valence-electron chi connectivity index (χ3n) is 1.88. The van der Waals surface area contributed by atoms with Crippen LogP contribution in [0.4, 0.5) is 0 Å². The predicted molar refractivity (Wildman–Crippen MR) is 51.7 cm³/mol. The quantitative estimate of drug-likeness (QED) is 0.770. The van der Waals surface area contributed by atoms with Crippen molar-refractivity contribution in [3.63, 3.8) is 0 Å². The second-order valence-corrected chi connectivity index (χ2v) is 3.18. The van der Waals surface area contributed by atoms with Crippen molar-refractivity contribution in [3.8, 4) is 0 Å². The van der Waals surface area contributed by atoms with Gasteiger partial charge < -0.3 is 5.73 Å². The van der Waals surface area contributed by atoms with E-state index in [-0.39, 0.29) is 0 Å². The van der Waals surface area contributed by atoms with E-state index < -0.39 is 6.04 Å². The maximum Gasteiger partial charge on any atom is 0.195 e. The minimum atomic E-state index is -0.442. The molecule has 0 aliphatic rings. The van der Waals surface area contributed by atoms with Gasteiger partial charge in [-0.15, -0.1) is 10.2 Å². The van der Waals surface area contributed by atoms with Crippen molar-refractivity contribution in [1.29, 1.82) is 0 Å². The zero-order chi connectivity index (χ0) is 9.97. The molecule has 14 heavy (non-hydrogen) atoms. The number of hydrogen-bond donors (Lipinski definition) is 2. The number of nitrogens with one attached hydrogen (secondary N) is 1. The Morgan fingerprint density at radius 2 is 2.14 bits per heavy atom. The second-order valence-electron chi connectivity index (χ2n) is 2.77. The van der Waals surface area contributed by atoms with E-state index in [2.05, 4.69) is 20.6 Å². The molecule has 0 aliphatic heterocycles. The zero-order valence-electron chi connectivity index (χ0n) is 7.18. The average Bonchev–Trinajstić information content (AvgIpc) is 2.70. The van der Waals surface area contributed by atoms with Crippen molar-refractivity contribution >= 4 is 11.6 Å². The van der Waals surface area contributed by atoms with Crippen molar-refractivity contribution < 1.29 is 0 Å². The van der Waals surface area contributed by atoms with E-state index in [0.717, 1.165) is 5.56 Å². The molecule has 0 fully saturated rings. The molecule has 1 atom stereocenters. The van der Waals surface area contributed by atoms with Crippen molar-refractivity contribution in [2.45, 2.75) is 6.04 Å². The molecule has 0 saturated carbocycles. The van der Waals surface area contributed by atoms with Gasteiger partial charge in [0.1, 0.15) is 0 Å². The van der Waals surface area contributed by atoms with Crippen molar-refractivity contribution in [1.82, 2.24) is 20.6 Å². The summed E-state index contributed by atoms with van der Waals surface area (Å²) in [4.78, 5) is 0. The highest BCUT2D eigenvalue weighted by Gasteiger charge is 2.15. The molecule has 2 rings (SSSR count). The smallest absolute Gasteiger partial charge is 0.195 e. The van der Waals surface area contributed by atoms with E-state index in [1.807, 2.05) is 18.2 Å². The van der Waals surface area contributed by atoms with Crippen LogP contribution in [0.2, 0.25) is 5.02 Å². The fourth-order valence-corrected chi connectivity index (χ4v) is 1.42. The van der Waals surface area contributed by atoms with Gasteiger partial charge in [0.2, 0.25) is 0 Å². The van der Waals surface area contributed by atoms with Crippen molar-refractivity contribution in [3.05, 3.63) is 40.7 Å². The first-order valence-electron chi connectivity index (χ1n) is 4.02. The van der Waals surface area contributed by atoms with Gasteiger partial charge in [0.15, 0.2) is 5.82 Å². The van der Waals surface area contributed by atoms with Crippen LogP contribution in [-0.4, -0.2) is 20.6 Å². The number of hydrogen-bond acceptors (Lipinski definition) is 4. The number of rotatable bonds is 2. The number of tetrazole rings is 1. The number of aromatic amines is 1. The molecule has 1 aromatic heterocycles. The van der Waals surface area contributed by atoms with Gasteiger partial charge in [0.25, 0.3) is 0 Å². The van der Waals surface area contributed by atoms with Crippen molar-refractivity contribution in [2.24, 2.45) is 5.73 Å². The molecule has 0 bridgehead atoms. The SMILES string of the molecule is NC(c1nn[nH]n1)c1ccccc1Cl. The van der Waals surface area contributed by atoms with Crippen LogP contribution >= 0.6 is 11.6 Å². The first-order valence-corrected chi connectivity index (χ1v) is 4.40. The third-order valence-corrected chi connectivity index (χ3v) is 2.22. The maximum atomic E-state index is 5.97. The van der Waals surface area contributed by atoms with E-state index in [0.29, 0.717) is 10.8 Å². The standard InChI is InChI=1S/C8H8ClN5/c9-6-4-2-1-3-5(6)7(10)8-11-13-14-12-8/h1-4,7H,10H2,(H,11,12,13,14). The summed E-state index contributed by atoms with van der Waals surface area (Å²) in [6.07, 6.45) is 0. The van der Waals surface area contributed by atoms with E-state index in [9.17, 15) is 0 Å². The van der Waals surface area contributed by atoms with Crippen LogP contribution in [0.5, 0.6) is 0 Å². The molecule has 5 nitrogen and oxygen atoms in total. The van der Waals surface area contributed by atoms with Gasteiger partial charge in [-0.2, -0.15) is 5.21 Å². The van der Waals surface area contributed by atoms with Gasteiger partial charge in [-0.3, -0.25) is 0 Å². The molecule has 1 heterocycles. The second kappa shape index (κ2) is 3.73. The lowest BCUT2D eigenvalue weighted by molar-refractivity contribution is 0.785. The number of aromatic nitrogens is 4. The van der Waals surface area contributed by atoms with Crippen molar-refractivity contribution in [2.75, 3.05) is 0 Å². The lowest BCUT2D eigenvalue weighted by Crippen LogP contribution is -2.14. The van der Waals surface area contributed by atoms with E-state index in [4.69, 9.17) is 17.3 Å². The number of nitrogens with zero attached hydrogens (tertiary/aromatic N) is 3. The Morgan fingerprint density at radius 1 is 1.36 bits per heavy atom. The minimum Gasteiger partial charge on any atom is -0.317 e. The van der Waals surface area contributed by atoms with Crippen LogP contribution in [0.15, 0.2) is 24.3 Å². The highest BCUT2D eigenvalue weighted by molar-refractivity contribution is 6.31. The molecular weight excluding hydrogens is 202 g/mol. The molecule has 3 N–H and O–H groups in total. The number of H-pyrrole nitrogens is 1. The van der Waals surface area contributed by atoms with Crippen LogP contribution < -0.4 is 5.73 Å². The Hall–Kier alpha value is -1.46. The number of halogens is 1. The molecule has 1 unspecified atom stereocenters. The molecule has 2 aromatic rings. The molecule has 1 aromatic carbocycles. The van der Waals surface area contributed by atoms with Gasteiger partial charge in [-0.05, 0) is 11.6 Å². The summed E-state index contributed by atoms with van der Waals surface area (Å²) in [6, 6.07) is 6.87. The summed E-state index contributed by atoms with van der Waals surface area (Å²) in [6.45, 7) is 0. The molecular formula is C8H8ClN5. The highest BCUT2D eigenvalue weighted by atomic mass is 35.5. The number of benzene rings is 1. The van der Waals surface area contributed by atoms with Gasteiger partial charge in [0, 0.05) is 5.02 Å². The Bertz CT molecular complexity index is 413. The number of nitrogens with two attached hydrogens (primary N) is 1. The Balaban J connectivity index is 2.37. The first-order chi connectivity index (χ1) is 6.79. The van der Waals surface area contributed by atoms with Crippen LogP contribution in [0.1, 0.15) is 17.4 Å². The van der Waals surface area contributed by atoms with E-state index >= 15 is 0 Å². The maximum absolute atomic E-state index is 5.97. The molecule has 0 radical (unpaired) electrons. The molecule has 72 valence electrons. The topological polar surface area (TPSA) is 80.5 Å². The average molecular weight is 210 g/mol. The molecule has 0 saturated heterocycles. The predicted octanol–water partition coefficient (Wildman–Crippen LogP) is 0.901. The molecule has 0 amide bonds. The van der Waals surface area contributed by atoms with Gasteiger partial charge >= 0.3 is 0 Å². The van der Waals surface area contributed by atoms with Gasteiger partial charge in [-0.1, -0.05) is 35.0 Å². The molecule has 6 heteroatoms. The first kappa shape index (κ1) is 9.11. The molecule has 0 aliphatic carbocycles. The Morgan fingerprint density at radius 3 is 2.79 bits per heavy atom. The summed E-state index contributed by atoms with van der Waals surface area (Å²) in [5.74, 6) is 0.429. The zero-order valence-corrected chi connectivity index (χ0v) is 7.94. The van der Waals surface area contributed by atoms with Crippen LogP contribution in [0, 0.1) is 0 Å². The van der Waals surface area contributed by atoms with E-state index in [1.165, 1.54) is 0 Å². The Labute approximate surface area is 85.3 Å². The lowest BCUT2D eigenvalue weighted by atomic mass is 10.1. The lowest BCUT2D eigenvalue weighted by Gasteiger charge is -2.08. The van der Waals surface area contributed by atoms with Crippen LogP contribution in [0.3, 0.4) is 0 Å². The summed E-state index contributed by atoms with van der Waals surface area (Å²) >= 11 is 5.97. The van der Waals surface area contributed by atoms with E-state index in [1.54, 1.807) is 6.07 Å².